The molecule has 1 aliphatic heterocycles. The number of rotatable bonds is 2. The van der Waals surface area contributed by atoms with Crippen molar-refractivity contribution in [3.63, 3.8) is 0 Å². The summed E-state index contributed by atoms with van der Waals surface area (Å²) in [5.74, 6) is 0.106. The van der Waals surface area contributed by atoms with Crippen molar-refractivity contribution in [3.05, 3.63) is 60.2 Å². The first-order valence-corrected chi connectivity index (χ1v) is 7.34. The molecule has 0 saturated heterocycles. The second-order valence-corrected chi connectivity index (χ2v) is 5.59. The van der Waals surface area contributed by atoms with Gasteiger partial charge in [0, 0.05) is 20.0 Å². The van der Waals surface area contributed by atoms with Gasteiger partial charge in [0.15, 0.2) is 0 Å². The number of anilines is 2. The Balaban J connectivity index is 1.96. The van der Waals surface area contributed by atoms with Gasteiger partial charge in [-0.15, -0.1) is 0 Å². The van der Waals surface area contributed by atoms with Crippen molar-refractivity contribution in [1.29, 1.82) is 0 Å². The van der Waals surface area contributed by atoms with Gasteiger partial charge in [-0.05, 0) is 24.6 Å². The Kier molecular flexibility index (Phi) is 3.65. The van der Waals surface area contributed by atoms with Gasteiger partial charge in [-0.3, -0.25) is 4.79 Å². The lowest BCUT2D eigenvalue weighted by atomic mass is 10.1. The highest BCUT2D eigenvalue weighted by Gasteiger charge is 2.29. The van der Waals surface area contributed by atoms with E-state index in [4.69, 9.17) is 0 Å². The van der Waals surface area contributed by atoms with Crippen molar-refractivity contribution in [1.82, 2.24) is 0 Å². The number of hydrogen-bond donors (Lipinski definition) is 0. The van der Waals surface area contributed by atoms with Gasteiger partial charge in [0.1, 0.15) is 0 Å². The minimum Gasteiger partial charge on any atom is -0.363 e. The molecule has 1 aliphatic rings. The van der Waals surface area contributed by atoms with Crippen LogP contribution in [-0.4, -0.2) is 18.5 Å². The zero-order chi connectivity index (χ0) is 14.8. The molecular formula is C18H20N2O. The van der Waals surface area contributed by atoms with Crippen molar-refractivity contribution in [3.8, 4) is 0 Å². The Hall–Kier alpha value is -2.29. The topological polar surface area (TPSA) is 23.6 Å². The largest absolute Gasteiger partial charge is 0.363 e. The smallest absolute Gasteiger partial charge is 0.224 e. The summed E-state index contributed by atoms with van der Waals surface area (Å²) in [7, 11) is 0. The Morgan fingerprint density at radius 2 is 1.67 bits per heavy atom. The minimum atomic E-state index is 0.106. The quantitative estimate of drug-likeness (QED) is 0.841. The molecular weight excluding hydrogens is 260 g/mol. The molecule has 2 aromatic carbocycles. The summed E-state index contributed by atoms with van der Waals surface area (Å²) in [6, 6.07) is 18.8. The van der Waals surface area contributed by atoms with E-state index in [1.165, 1.54) is 5.56 Å². The van der Waals surface area contributed by atoms with Crippen LogP contribution in [0.15, 0.2) is 54.6 Å². The molecule has 0 aliphatic carbocycles. The van der Waals surface area contributed by atoms with Crippen LogP contribution in [0.4, 0.5) is 11.4 Å². The van der Waals surface area contributed by atoms with Gasteiger partial charge in [0.05, 0.1) is 17.4 Å². The molecule has 0 aromatic heterocycles. The number of para-hydroxylation sites is 2. The van der Waals surface area contributed by atoms with Crippen molar-refractivity contribution in [2.45, 2.75) is 26.4 Å². The van der Waals surface area contributed by atoms with Crippen molar-refractivity contribution in [2.75, 3.05) is 16.3 Å². The van der Waals surface area contributed by atoms with E-state index in [1.54, 1.807) is 6.92 Å². The van der Waals surface area contributed by atoms with Gasteiger partial charge in [-0.2, -0.15) is 0 Å². The van der Waals surface area contributed by atoms with Crippen LogP contribution in [-0.2, 0) is 11.3 Å². The lowest BCUT2D eigenvalue weighted by molar-refractivity contribution is -0.117. The second kappa shape index (κ2) is 5.60. The molecule has 3 rings (SSSR count). The summed E-state index contributed by atoms with van der Waals surface area (Å²) in [6.45, 7) is 5.47. The first kappa shape index (κ1) is 13.7. The van der Waals surface area contributed by atoms with Gasteiger partial charge >= 0.3 is 0 Å². The highest BCUT2D eigenvalue weighted by atomic mass is 16.2. The number of nitrogens with zero attached hydrogens (tertiary/aromatic N) is 2. The van der Waals surface area contributed by atoms with Gasteiger partial charge in [-0.25, -0.2) is 0 Å². The monoisotopic (exact) mass is 280 g/mol. The van der Waals surface area contributed by atoms with Crippen molar-refractivity contribution in [2.24, 2.45) is 0 Å². The normalized spacial score (nSPS) is 17.5. The fourth-order valence-corrected chi connectivity index (χ4v) is 3.11. The Morgan fingerprint density at radius 3 is 2.33 bits per heavy atom. The van der Waals surface area contributed by atoms with Gasteiger partial charge in [-0.1, -0.05) is 42.5 Å². The Morgan fingerprint density at radius 1 is 1.05 bits per heavy atom. The molecule has 2 aromatic rings. The number of hydrogen-bond acceptors (Lipinski definition) is 2. The average molecular weight is 280 g/mol. The van der Waals surface area contributed by atoms with Gasteiger partial charge in [0.25, 0.3) is 0 Å². The fraction of sp³-hybridized carbons (Fsp3) is 0.278. The van der Waals surface area contributed by atoms with Crippen LogP contribution in [0.25, 0.3) is 0 Å². The molecule has 0 fully saturated rings. The summed E-state index contributed by atoms with van der Waals surface area (Å²) < 4.78 is 0. The van der Waals surface area contributed by atoms with E-state index in [0.29, 0.717) is 0 Å². The van der Waals surface area contributed by atoms with E-state index in [1.807, 2.05) is 29.2 Å². The van der Waals surface area contributed by atoms with Gasteiger partial charge < -0.3 is 9.80 Å². The van der Waals surface area contributed by atoms with Crippen LogP contribution in [0.1, 0.15) is 19.4 Å². The Labute approximate surface area is 125 Å². The molecule has 0 unspecified atom stereocenters. The maximum absolute atomic E-state index is 11.9. The predicted octanol–water partition coefficient (Wildman–Crippen LogP) is 3.45. The van der Waals surface area contributed by atoms with Crippen LogP contribution in [0.2, 0.25) is 0 Å². The molecule has 0 spiro atoms. The molecule has 3 heteroatoms. The molecule has 108 valence electrons. The van der Waals surface area contributed by atoms with E-state index in [-0.39, 0.29) is 11.9 Å². The van der Waals surface area contributed by atoms with E-state index in [2.05, 4.69) is 42.2 Å². The lowest BCUT2D eigenvalue weighted by Crippen LogP contribution is -2.49. The van der Waals surface area contributed by atoms with E-state index >= 15 is 0 Å². The second-order valence-electron chi connectivity index (χ2n) is 5.59. The van der Waals surface area contributed by atoms with E-state index in [0.717, 1.165) is 24.5 Å². The standard InChI is InChI=1S/C18H20N2O/c1-14-12-19(13-16-8-4-3-5-9-16)17-10-6-7-11-18(17)20(14)15(2)21/h3-11,14H,12-13H2,1-2H3/t14-/m0/s1. The zero-order valence-electron chi connectivity index (χ0n) is 12.5. The van der Waals surface area contributed by atoms with Gasteiger partial charge in [0.2, 0.25) is 5.91 Å². The highest BCUT2D eigenvalue weighted by molar-refractivity contribution is 5.97. The number of fused-ring (bicyclic) bond motifs is 1. The first-order chi connectivity index (χ1) is 10.2. The van der Waals surface area contributed by atoms with Crippen LogP contribution in [0, 0.1) is 0 Å². The van der Waals surface area contributed by atoms with Crippen LogP contribution < -0.4 is 9.80 Å². The molecule has 0 radical (unpaired) electrons. The van der Waals surface area contributed by atoms with E-state index in [9.17, 15) is 4.79 Å². The zero-order valence-corrected chi connectivity index (χ0v) is 12.5. The molecule has 0 N–H and O–H groups in total. The fourth-order valence-electron chi connectivity index (χ4n) is 3.11. The summed E-state index contributed by atoms with van der Waals surface area (Å²) in [4.78, 5) is 16.2. The van der Waals surface area contributed by atoms with E-state index < -0.39 is 0 Å². The van der Waals surface area contributed by atoms with Crippen molar-refractivity contribution < 1.29 is 4.79 Å². The summed E-state index contributed by atoms with van der Waals surface area (Å²) in [6.07, 6.45) is 0. The number of carbonyl (C=O) groups is 1. The third-order valence-electron chi connectivity index (χ3n) is 3.96. The Bertz CT molecular complexity index is 639. The predicted molar refractivity (Wildman–Crippen MR) is 86.6 cm³/mol. The van der Waals surface area contributed by atoms with Crippen LogP contribution in [0.3, 0.4) is 0 Å². The molecule has 3 nitrogen and oxygen atoms in total. The molecule has 1 heterocycles. The van der Waals surface area contributed by atoms with Crippen molar-refractivity contribution >= 4 is 17.3 Å². The maximum atomic E-state index is 11.9. The molecule has 1 amide bonds. The number of amides is 1. The van der Waals surface area contributed by atoms with Crippen LogP contribution in [0.5, 0.6) is 0 Å². The average Bonchev–Trinajstić information content (AvgIpc) is 2.48. The first-order valence-electron chi connectivity index (χ1n) is 7.34. The molecule has 21 heavy (non-hydrogen) atoms. The SMILES string of the molecule is CC(=O)N1c2ccccc2N(Cc2ccccc2)C[C@@H]1C. The maximum Gasteiger partial charge on any atom is 0.224 e. The lowest BCUT2D eigenvalue weighted by Gasteiger charge is -2.41. The molecule has 0 saturated carbocycles. The number of benzene rings is 2. The third kappa shape index (κ3) is 2.64. The number of carbonyl (C=O) groups excluding carboxylic acids is 1. The highest BCUT2D eigenvalue weighted by Crippen LogP contribution is 2.36. The third-order valence-corrected chi connectivity index (χ3v) is 3.96. The summed E-state index contributed by atoms with van der Waals surface area (Å²) in [5, 5.41) is 0. The minimum absolute atomic E-state index is 0.106. The summed E-state index contributed by atoms with van der Waals surface area (Å²) >= 11 is 0. The molecule has 0 bridgehead atoms. The molecule has 1 atom stereocenters. The summed E-state index contributed by atoms with van der Waals surface area (Å²) in [5.41, 5.74) is 3.44. The van der Waals surface area contributed by atoms with Crippen LogP contribution >= 0.6 is 0 Å².